The van der Waals surface area contributed by atoms with Crippen molar-refractivity contribution in [2.24, 2.45) is 10.9 Å². The third kappa shape index (κ3) is 6.64. The number of carbonyl (C=O) groups excluding carboxylic acids is 1. The molecule has 0 bridgehead atoms. The van der Waals surface area contributed by atoms with E-state index < -0.39 is 0 Å². The van der Waals surface area contributed by atoms with Gasteiger partial charge in [0.25, 0.3) is 0 Å². The first-order chi connectivity index (χ1) is 14.5. The first kappa shape index (κ1) is 22.4. The predicted molar refractivity (Wildman–Crippen MR) is 122 cm³/mol. The maximum Gasteiger partial charge on any atom is 0.225 e. The highest BCUT2D eigenvalue weighted by atomic mass is 16.5. The predicted octanol–water partition coefficient (Wildman–Crippen LogP) is 3.36. The lowest BCUT2D eigenvalue weighted by atomic mass is 10.1. The summed E-state index contributed by atoms with van der Waals surface area (Å²) in [7, 11) is 0. The van der Waals surface area contributed by atoms with Gasteiger partial charge in [0.05, 0.1) is 6.10 Å². The van der Waals surface area contributed by atoms with Gasteiger partial charge in [0.15, 0.2) is 5.96 Å². The Hall–Kier alpha value is -2.24. The molecule has 166 valence electrons. The first-order valence-electron chi connectivity index (χ1n) is 11.6. The van der Waals surface area contributed by atoms with Crippen molar-refractivity contribution in [2.45, 2.75) is 71.4 Å². The molecule has 2 aliphatic rings. The lowest BCUT2D eigenvalue weighted by Crippen LogP contribution is -2.45. The third-order valence-electron chi connectivity index (χ3n) is 5.88. The Bertz CT molecular complexity index is 696. The molecule has 0 radical (unpaired) electrons. The molecule has 0 spiro atoms. The third-order valence-corrected chi connectivity index (χ3v) is 5.88. The van der Waals surface area contributed by atoms with Gasteiger partial charge in [-0.25, -0.2) is 0 Å². The first-order valence-corrected chi connectivity index (χ1v) is 11.6. The summed E-state index contributed by atoms with van der Waals surface area (Å²) in [6, 6.07) is 8.72. The van der Waals surface area contributed by atoms with Crippen LogP contribution in [-0.2, 0) is 11.2 Å². The number of likely N-dealkylation sites (tertiary alicyclic amines) is 1. The fourth-order valence-corrected chi connectivity index (χ4v) is 4.19. The molecule has 6 heteroatoms. The summed E-state index contributed by atoms with van der Waals surface area (Å²) in [6.45, 7) is 9.11. The van der Waals surface area contributed by atoms with Gasteiger partial charge in [-0.15, -0.1) is 0 Å². The molecule has 2 N–H and O–H groups in total. The number of nitrogens with one attached hydrogen (secondary N) is 2. The topological polar surface area (TPSA) is 66.0 Å². The van der Waals surface area contributed by atoms with Crippen LogP contribution >= 0.6 is 0 Å². The maximum absolute atomic E-state index is 12.2. The zero-order valence-electron chi connectivity index (χ0n) is 18.8. The second-order valence-corrected chi connectivity index (χ2v) is 8.75. The second kappa shape index (κ2) is 11.2. The number of rotatable bonds is 8. The van der Waals surface area contributed by atoms with E-state index in [1.807, 2.05) is 18.7 Å². The normalized spacial score (nSPS) is 20.1. The Balaban J connectivity index is 1.46. The van der Waals surface area contributed by atoms with Crippen molar-refractivity contribution in [3.63, 3.8) is 0 Å². The standard InChI is InChI=1S/C24H38N4O2/c1-4-25-24(27-20-14-16-28(17-20)23(29)18(2)3)26-15-13-19-9-11-22(12-10-19)30-21-7-5-6-8-21/h9-12,18,20-21H,4-8,13-17H2,1-3H3,(H2,25,26,27). The summed E-state index contributed by atoms with van der Waals surface area (Å²) < 4.78 is 6.04. The lowest BCUT2D eigenvalue weighted by molar-refractivity contribution is -0.133. The molecule has 0 aromatic heterocycles. The Morgan fingerprint density at radius 1 is 1.20 bits per heavy atom. The summed E-state index contributed by atoms with van der Waals surface area (Å²) >= 11 is 0. The molecule has 30 heavy (non-hydrogen) atoms. The molecule has 1 unspecified atom stereocenters. The number of aliphatic imine (C=N–C) groups is 1. The van der Waals surface area contributed by atoms with Gasteiger partial charge in [-0.3, -0.25) is 9.79 Å². The van der Waals surface area contributed by atoms with Gasteiger partial charge in [-0.2, -0.15) is 0 Å². The van der Waals surface area contributed by atoms with E-state index in [1.165, 1.54) is 31.2 Å². The van der Waals surface area contributed by atoms with Crippen molar-refractivity contribution in [1.82, 2.24) is 15.5 Å². The van der Waals surface area contributed by atoms with Crippen molar-refractivity contribution in [1.29, 1.82) is 0 Å². The van der Waals surface area contributed by atoms with Crippen molar-refractivity contribution >= 4 is 11.9 Å². The highest BCUT2D eigenvalue weighted by molar-refractivity contribution is 5.81. The highest BCUT2D eigenvalue weighted by Gasteiger charge is 2.27. The minimum absolute atomic E-state index is 0.0561. The molecule has 6 nitrogen and oxygen atoms in total. The number of guanidine groups is 1. The molecule has 1 aliphatic carbocycles. The SMILES string of the molecule is CCNC(=NCCc1ccc(OC2CCCC2)cc1)NC1CCN(C(=O)C(C)C)C1. The average molecular weight is 415 g/mol. The van der Waals surface area contributed by atoms with Crippen LogP contribution in [0.2, 0.25) is 0 Å². The number of carbonyl (C=O) groups is 1. The number of nitrogens with zero attached hydrogens (tertiary/aromatic N) is 2. The molecular weight excluding hydrogens is 376 g/mol. The lowest BCUT2D eigenvalue weighted by Gasteiger charge is -2.20. The number of amides is 1. The van der Waals surface area contributed by atoms with Gasteiger partial charge < -0.3 is 20.3 Å². The highest BCUT2D eigenvalue weighted by Crippen LogP contribution is 2.24. The molecular formula is C24H38N4O2. The summed E-state index contributed by atoms with van der Waals surface area (Å²) in [5.74, 6) is 2.11. The fourth-order valence-electron chi connectivity index (χ4n) is 4.19. The van der Waals surface area contributed by atoms with Crippen LogP contribution in [0.4, 0.5) is 0 Å². The number of hydrogen-bond acceptors (Lipinski definition) is 3. The zero-order valence-corrected chi connectivity index (χ0v) is 18.8. The van der Waals surface area contributed by atoms with Crippen LogP contribution in [0.1, 0.15) is 58.4 Å². The fraction of sp³-hybridized carbons (Fsp3) is 0.667. The zero-order chi connectivity index (χ0) is 21.3. The van der Waals surface area contributed by atoms with E-state index in [2.05, 4.69) is 41.8 Å². The van der Waals surface area contributed by atoms with Gasteiger partial charge in [0.1, 0.15) is 5.75 Å². The van der Waals surface area contributed by atoms with Crippen LogP contribution in [-0.4, -0.2) is 55.1 Å². The minimum Gasteiger partial charge on any atom is -0.490 e. The van der Waals surface area contributed by atoms with Gasteiger partial charge >= 0.3 is 0 Å². The summed E-state index contributed by atoms with van der Waals surface area (Å²) in [4.78, 5) is 18.9. The molecule has 1 saturated carbocycles. The van der Waals surface area contributed by atoms with E-state index in [1.54, 1.807) is 0 Å². The summed E-state index contributed by atoms with van der Waals surface area (Å²) in [6.07, 6.45) is 7.19. The summed E-state index contributed by atoms with van der Waals surface area (Å²) in [5, 5.41) is 6.83. The molecule has 1 amide bonds. The monoisotopic (exact) mass is 414 g/mol. The van der Waals surface area contributed by atoms with E-state index in [9.17, 15) is 4.79 Å². The second-order valence-electron chi connectivity index (χ2n) is 8.75. The van der Waals surface area contributed by atoms with Crippen LogP contribution in [0.5, 0.6) is 5.75 Å². The van der Waals surface area contributed by atoms with E-state index in [0.717, 1.165) is 50.7 Å². The molecule has 1 aromatic carbocycles. The van der Waals surface area contributed by atoms with Gasteiger partial charge in [0, 0.05) is 38.1 Å². The molecule has 3 rings (SSSR count). The van der Waals surface area contributed by atoms with Crippen molar-refractivity contribution in [3.05, 3.63) is 29.8 Å². The van der Waals surface area contributed by atoms with Crippen molar-refractivity contribution < 1.29 is 9.53 Å². The number of benzene rings is 1. The largest absolute Gasteiger partial charge is 0.490 e. The van der Waals surface area contributed by atoms with Gasteiger partial charge in [0.2, 0.25) is 5.91 Å². The minimum atomic E-state index is 0.0561. The van der Waals surface area contributed by atoms with Gasteiger partial charge in [-0.05, 0) is 63.1 Å². The Labute approximate surface area is 181 Å². The van der Waals surface area contributed by atoms with E-state index >= 15 is 0 Å². The van der Waals surface area contributed by atoms with Crippen LogP contribution in [0.25, 0.3) is 0 Å². The van der Waals surface area contributed by atoms with Crippen molar-refractivity contribution in [2.75, 3.05) is 26.2 Å². The molecule has 1 aliphatic heterocycles. The van der Waals surface area contributed by atoms with E-state index in [0.29, 0.717) is 6.10 Å². The van der Waals surface area contributed by atoms with Gasteiger partial charge in [-0.1, -0.05) is 26.0 Å². The smallest absolute Gasteiger partial charge is 0.225 e. The Morgan fingerprint density at radius 3 is 2.60 bits per heavy atom. The molecule has 1 saturated heterocycles. The molecule has 2 fully saturated rings. The van der Waals surface area contributed by atoms with Crippen LogP contribution in [0.15, 0.2) is 29.3 Å². The Kier molecular flexibility index (Phi) is 8.40. The van der Waals surface area contributed by atoms with E-state index in [4.69, 9.17) is 9.73 Å². The van der Waals surface area contributed by atoms with Crippen LogP contribution in [0, 0.1) is 5.92 Å². The molecule has 1 atom stereocenters. The molecule has 1 aromatic rings. The quantitative estimate of drug-likeness (QED) is 0.506. The maximum atomic E-state index is 12.2. The average Bonchev–Trinajstić information content (AvgIpc) is 3.41. The van der Waals surface area contributed by atoms with Crippen molar-refractivity contribution in [3.8, 4) is 5.75 Å². The number of hydrogen-bond donors (Lipinski definition) is 2. The Morgan fingerprint density at radius 2 is 1.93 bits per heavy atom. The summed E-state index contributed by atoms with van der Waals surface area (Å²) in [5.41, 5.74) is 1.27. The molecule has 1 heterocycles. The van der Waals surface area contributed by atoms with Crippen LogP contribution in [0.3, 0.4) is 0 Å². The van der Waals surface area contributed by atoms with Crippen LogP contribution < -0.4 is 15.4 Å². The number of ether oxygens (including phenoxy) is 1. The van der Waals surface area contributed by atoms with E-state index in [-0.39, 0.29) is 17.9 Å².